The Kier molecular flexibility index (Phi) is 3.88. The minimum Gasteiger partial charge on any atom is -0.390 e. The van der Waals surface area contributed by atoms with Gasteiger partial charge in [0.2, 0.25) is 0 Å². The van der Waals surface area contributed by atoms with Crippen molar-refractivity contribution in [1.29, 1.82) is 0 Å². The van der Waals surface area contributed by atoms with E-state index in [9.17, 15) is 9.90 Å². The summed E-state index contributed by atoms with van der Waals surface area (Å²) in [6, 6.07) is 7.51. The van der Waals surface area contributed by atoms with Gasteiger partial charge in [-0.2, -0.15) is 0 Å². The fourth-order valence-electron chi connectivity index (χ4n) is 2.46. The molecule has 2 rings (SSSR count). The monoisotopic (exact) mass is 264 g/mol. The minimum atomic E-state index is -0.716. The number of carbonyl (C=O) groups is 1. The van der Waals surface area contributed by atoms with Crippen LogP contribution in [0.1, 0.15) is 38.2 Å². The van der Waals surface area contributed by atoms with Crippen molar-refractivity contribution < 1.29 is 9.90 Å². The van der Waals surface area contributed by atoms with Crippen molar-refractivity contribution in [1.82, 2.24) is 0 Å². The maximum Gasteiger partial charge on any atom is 0.146 e. The molecule has 0 bridgehead atoms. The molecule has 1 aliphatic rings. The lowest BCUT2D eigenvalue weighted by Gasteiger charge is -2.32. The first-order chi connectivity index (χ1) is 8.58. The zero-order valence-corrected chi connectivity index (χ0v) is 11.2. The van der Waals surface area contributed by atoms with E-state index in [1.54, 1.807) is 0 Å². The number of aliphatic hydroxyl groups is 1. The minimum absolute atomic E-state index is 0.449. The van der Waals surface area contributed by atoms with Gasteiger partial charge in [0.25, 0.3) is 0 Å². The summed E-state index contributed by atoms with van der Waals surface area (Å²) in [6.07, 6.45) is 3.45. The molecular formula is C15H17ClO2. The third-order valence-corrected chi connectivity index (χ3v) is 3.99. The van der Waals surface area contributed by atoms with Gasteiger partial charge in [-0.25, -0.2) is 0 Å². The molecule has 1 N–H and O–H groups in total. The van der Waals surface area contributed by atoms with Crippen molar-refractivity contribution in [3.63, 3.8) is 0 Å². The van der Waals surface area contributed by atoms with Gasteiger partial charge in [-0.3, -0.25) is 4.79 Å². The Balaban J connectivity index is 2.36. The number of carbonyl (C=O) groups excluding carboxylic acids is 1. The van der Waals surface area contributed by atoms with Gasteiger partial charge < -0.3 is 5.11 Å². The lowest BCUT2D eigenvalue weighted by atomic mass is 9.77. The van der Waals surface area contributed by atoms with E-state index in [2.05, 4.69) is 0 Å². The number of rotatable bonds is 3. The normalized spacial score (nSPS) is 24.2. The highest BCUT2D eigenvalue weighted by Gasteiger charge is 2.31. The Morgan fingerprint density at radius 1 is 1.39 bits per heavy atom. The van der Waals surface area contributed by atoms with Crippen LogP contribution in [0, 0.1) is 0 Å². The molecule has 1 aromatic carbocycles. The van der Waals surface area contributed by atoms with Crippen molar-refractivity contribution in [3.8, 4) is 0 Å². The van der Waals surface area contributed by atoms with Gasteiger partial charge in [0.1, 0.15) is 6.29 Å². The van der Waals surface area contributed by atoms with Crippen LogP contribution in [0.15, 0.2) is 29.8 Å². The summed E-state index contributed by atoms with van der Waals surface area (Å²) in [5.41, 5.74) is 2.07. The number of hydrogen-bond acceptors (Lipinski definition) is 2. The van der Waals surface area contributed by atoms with E-state index in [1.165, 1.54) is 0 Å². The maximum absolute atomic E-state index is 11.2. The van der Waals surface area contributed by atoms with Crippen molar-refractivity contribution >= 4 is 23.5 Å². The Labute approximate surface area is 112 Å². The molecule has 3 heteroatoms. The molecule has 0 amide bonds. The highest BCUT2D eigenvalue weighted by atomic mass is 35.5. The Morgan fingerprint density at radius 3 is 2.61 bits per heavy atom. The van der Waals surface area contributed by atoms with Gasteiger partial charge in [-0.05, 0) is 48.1 Å². The van der Waals surface area contributed by atoms with Crippen LogP contribution in [0.4, 0.5) is 0 Å². The first-order valence-electron chi connectivity index (χ1n) is 6.23. The van der Waals surface area contributed by atoms with Crippen LogP contribution in [0.3, 0.4) is 0 Å². The van der Waals surface area contributed by atoms with Gasteiger partial charge in [-0.15, -0.1) is 0 Å². The number of hydrogen-bond donors (Lipinski definition) is 1. The molecular weight excluding hydrogens is 248 g/mol. The second-order valence-corrected chi connectivity index (χ2v) is 5.32. The quantitative estimate of drug-likeness (QED) is 0.847. The first-order valence-corrected chi connectivity index (χ1v) is 6.61. The average molecular weight is 265 g/mol. The fourth-order valence-corrected chi connectivity index (χ4v) is 2.59. The molecule has 1 unspecified atom stereocenters. The van der Waals surface area contributed by atoms with Crippen molar-refractivity contribution in [2.45, 2.75) is 38.2 Å². The highest BCUT2D eigenvalue weighted by molar-refractivity contribution is 6.30. The molecule has 0 heterocycles. The summed E-state index contributed by atoms with van der Waals surface area (Å²) in [7, 11) is 0. The fraction of sp³-hybridized carbons (Fsp3) is 0.400. The predicted molar refractivity (Wildman–Crippen MR) is 73.5 cm³/mol. The van der Waals surface area contributed by atoms with Crippen LogP contribution in [-0.4, -0.2) is 17.0 Å². The molecule has 18 heavy (non-hydrogen) atoms. The Hall–Kier alpha value is -1.12. The molecule has 1 aromatic rings. The zero-order valence-electron chi connectivity index (χ0n) is 10.4. The summed E-state index contributed by atoms with van der Waals surface area (Å²) in [4.78, 5) is 11.2. The molecule has 0 fully saturated rings. The summed E-state index contributed by atoms with van der Waals surface area (Å²) < 4.78 is 0. The van der Waals surface area contributed by atoms with Crippen LogP contribution < -0.4 is 0 Å². The van der Waals surface area contributed by atoms with Crippen molar-refractivity contribution in [3.05, 3.63) is 40.4 Å². The van der Waals surface area contributed by atoms with E-state index < -0.39 is 5.60 Å². The molecule has 0 radical (unpaired) electrons. The maximum atomic E-state index is 11.2. The van der Waals surface area contributed by atoms with Crippen molar-refractivity contribution in [2.24, 2.45) is 0 Å². The molecule has 0 aromatic heterocycles. The number of benzene rings is 1. The van der Waals surface area contributed by atoms with Crippen LogP contribution in [-0.2, 0) is 4.79 Å². The Bertz CT molecular complexity index is 476. The van der Waals surface area contributed by atoms with Gasteiger partial charge in [-0.1, -0.05) is 30.7 Å². The lowest BCUT2D eigenvalue weighted by molar-refractivity contribution is -0.105. The largest absolute Gasteiger partial charge is 0.390 e. The summed E-state index contributed by atoms with van der Waals surface area (Å²) in [6.45, 7) is 1.95. The van der Waals surface area contributed by atoms with Crippen LogP contribution in [0.5, 0.6) is 0 Å². The molecule has 1 atom stereocenters. The van der Waals surface area contributed by atoms with Gasteiger partial charge in [0.05, 0.1) is 5.60 Å². The summed E-state index contributed by atoms with van der Waals surface area (Å²) >= 11 is 5.86. The van der Waals surface area contributed by atoms with E-state index in [0.717, 1.165) is 23.8 Å². The molecule has 1 aliphatic carbocycles. The van der Waals surface area contributed by atoms with Crippen LogP contribution in [0.2, 0.25) is 5.02 Å². The molecule has 0 aliphatic heterocycles. The van der Waals surface area contributed by atoms with Crippen LogP contribution >= 0.6 is 11.6 Å². The SMILES string of the molecule is CCC1(O)CCC(c2ccc(Cl)cc2)=C(C=O)C1. The first kappa shape index (κ1) is 13.3. The third kappa shape index (κ3) is 2.65. The van der Waals surface area contributed by atoms with Gasteiger partial charge in [0.15, 0.2) is 0 Å². The molecule has 0 spiro atoms. The van der Waals surface area contributed by atoms with Gasteiger partial charge in [0, 0.05) is 11.4 Å². The second kappa shape index (κ2) is 5.25. The summed E-state index contributed by atoms with van der Waals surface area (Å²) in [5.74, 6) is 0. The lowest BCUT2D eigenvalue weighted by Crippen LogP contribution is -2.31. The smallest absolute Gasteiger partial charge is 0.146 e. The van der Waals surface area contributed by atoms with E-state index in [0.29, 0.717) is 29.9 Å². The molecule has 0 saturated carbocycles. The molecule has 2 nitrogen and oxygen atoms in total. The third-order valence-electron chi connectivity index (χ3n) is 3.74. The molecule has 96 valence electrons. The van der Waals surface area contributed by atoms with Gasteiger partial charge >= 0.3 is 0 Å². The summed E-state index contributed by atoms with van der Waals surface area (Å²) in [5, 5.41) is 11.0. The molecule has 0 saturated heterocycles. The predicted octanol–water partition coefficient (Wildman–Crippen LogP) is 3.62. The van der Waals surface area contributed by atoms with Crippen molar-refractivity contribution in [2.75, 3.05) is 0 Å². The average Bonchev–Trinajstić information content (AvgIpc) is 2.40. The van der Waals surface area contributed by atoms with E-state index >= 15 is 0 Å². The number of allylic oxidation sites excluding steroid dienone is 1. The Morgan fingerprint density at radius 2 is 2.06 bits per heavy atom. The zero-order chi connectivity index (χ0) is 13.2. The second-order valence-electron chi connectivity index (χ2n) is 4.88. The van der Waals surface area contributed by atoms with E-state index in [-0.39, 0.29) is 0 Å². The van der Waals surface area contributed by atoms with Crippen LogP contribution in [0.25, 0.3) is 5.57 Å². The highest BCUT2D eigenvalue weighted by Crippen LogP contribution is 2.38. The van der Waals surface area contributed by atoms with E-state index in [1.807, 2.05) is 31.2 Å². The number of halogens is 1. The van der Waals surface area contributed by atoms with E-state index in [4.69, 9.17) is 11.6 Å². The standard InChI is InChI=1S/C15H17ClO2/c1-2-15(18)8-7-14(12(9-15)10-17)11-3-5-13(16)6-4-11/h3-6,10,18H,2,7-9H2,1H3. The number of aldehydes is 1. The topological polar surface area (TPSA) is 37.3 Å².